The first-order valence-electron chi connectivity index (χ1n) is 7.85. The number of nitrogens with zero attached hydrogens (tertiary/aromatic N) is 1. The predicted molar refractivity (Wildman–Crippen MR) is 89.7 cm³/mol. The molecular formula is C18H20FNO2S. The fraction of sp³-hybridized carbons (Fsp3) is 0.333. The van der Waals surface area contributed by atoms with E-state index in [1.165, 1.54) is 16.4 Å². The van der Waals surface area contributed by atoms with Gasteiger partial charge in [0.2, 0.25) is 0 Å². The molecule has 0 N–H and O–H groups in total. The first-order chi connectivity index (χ1) is 10.9. The third kappa shape index (κ3) is 2.85. The van der Waals surface area contributed by atoms with E-state index in [0.29, 0.717) is 18.5 Å². The maximum absolute atomic E-state index is 13.5. The molecule has 0 fully saturated rings. The lowest BCUT2D eigenvalue weighted by molar-refractivity contribution is 0.560. The van der Waals surface area contributed by atoms with Crippen LogP contribution in [-0.4, -0.2) is 14.5 Å². The Balaban J connectivity index is 2.08. The predicted octanol–water partition coefficient (Wildman–Crippen LogP) is 3.92. The molecule has 3 nitrogen and oxygen atoms in total. The zero-order chi connectivity index (χ0) is 16.6. The van der Waals surface area contributed by atoms with Crippen LogP contribution in [-0.2, 0) is 22.9 Å². The third-order valence-electron chi connectivity index (χ3n) is 4.40. The van der Waals surface area contributed by atoms with Gasteiger partial charge < -0.3 is 0 Å². The Morgan fingerprint density at radius 1 is 1.17 bits per heavy atom. The Bertz CT molecular complexity index is 815. The van der Waals surface area contributed by atoms with Crippen molar-refractivity contribution in [3.8, 4) is 0 Å². The highest BCUT2D eigenvalue weighted by Crippen LogP contribution is 2.35. The van der Waals surface area contributed by atoms with Gasteiger partial charge in [-0.3, -0.25) is 4.31 Å². The molecule has 1 aliphatic rings. The molecule has 1 heterocycles. The lowest BCUT2D eigenvalue weighted by atomic mass is 9.99. The molecule has 0 saturated heterocycles. The first-order valence-corrected chi connectivity index (χ1v) is 9.29. The summed E-state index contributed by atoms with van der Waals surface area (Å²) in [6.07, 6.45) is 2.24. The Hall–Kier alpha value is -1.88. The minimum absolute atomic E-state index is 0.149. The van der Waals surface area contributed by atoms with E-state index >= 15 is 0 Å². The zero-order valence-corrected chi connectivity index (χ0v) is 14.1. The van der Waals surface area contributed by atoms with E-state index in [2.05, 4.69) is 0 Å². The van der Waals surface area contributed by atoms with Crippen LogP contribution < -0.4 is 4.31 Å². The van der Waals surface area contributed by atoms with Crippen LogP contribution in [0.15, 0.2) is 47.4 Å². The fourth-order valence-corrected chi connectivity index (χ4v) is 4.79. The van der Waals surface area contributed by atoms with Gasteiger partial charge in [0.1, 0.15) is 5.82 Å². The second kappa shape index (κ2) is 5.96. The topological polar surface area (TPSA) is 37.4 Å². The number of hydrogen-bond donors (Lipinski definition) is 0. The molecular weight excluding hydrogens is 313 g/mol. The summed E-state index contributed by atoms with van der Waals surface area (Å²) in [6, 6.07) is 11.2. The molecule has 23 heavy (non-hydrogen) atoms. The van der Waals surface area contributed by atoms with Gasteiger partial charge in [0, 0.05) is 6.04 Å². The molecule has 1 unspecified atom stereocenters. The summed E-state index contributed by atoms with van der Waals surface area (Å²) in [5.74, 6) is -0.331. The molecule has 0 bridgehead atoms. The van der Waals surface area contributed by atoms with Crippen LogP contribution in [0, 0.1) is 5.82 Å². The number of rotatable bonds is 3. The standard InChI is InChI=1S/C18H20FNO2S/c1-3-14-5-9-17(10-6-14)23(21,22)20-13(2)4-7-15-12-16(19)8-11-18(15)20/h5-6,8-13H,3-4,7H2,1-2H3. The van der Waals surface area contributed by atoms with Gasteiger partial charge in [-0.15, -0.1) is 0 Å². The van der Waals surface area contributed by atoms with Gasteiger partial charge in [0.05, 0.1) is 10.6 Å². The highest BCUT2D eigenvalue weighted by atomic mass is 32.2. The lowest BCUT2D eigenvalue weighted by Gasteiger charge is -2.36. The number of halogens is 1. The Morgan fingerprint density at radius 3 is 2.52 bits per heavy atom. The van der Waals surface area contributed by atoms with E-state index in [4.69, 9.17) is 0 Å². The summed E-state index contributed by atoms with van der Waals surface area (Å²) in [7, 11) is -3.65. The molecule has 0 aliphatic carbocycles. The van der Waals surface area contributed by atoms with Crippen LogP contribution in [0.2, 0.25) is 0 Å². The van der Waals surface area contributed by atoms with Gasteiger partial charge in [0.25, 0.3) is 10.0 Å². The van der Waals surface area contributed by atoms with Gasteiger partial charge in [-0.2, -0.15) is 0 Å². The van der Waals surface area contributed by atoms with Crippen LogP contribution in [0.1, 0.15) is 31.4 Å². The Kier molecular flexibility index (Phi) is 4.15. The van der Waals surface area contributed by atoms with Crippen LogP contribution >= 0.6 is 0 Å². The summed E-state index contributed by atoms with van der Waals surface area (Å²) in [5.41, 5.74) is 2.43. The lowest BCUT2D eigenvalue weighted by Crippen LogP contribution is -2.42. The summed E-state index contributed by atoms with van der Waals surface area (Å²) in [5, 5.41) is 0. The molecule has 1 aliphatic heterocycles. The molecule has 5 heteroatoms. The molecule has 0 spiro atoms. The maximum Gasteiger partial charge on any atom is 0.264 e. The molecule has 0 aromatic heterocycles. The van der Waals surface area contributed by atoms with Crippen molar-refractivity contribution in [2.24, 2.45) is 0 Å². The zero-order valence-electron chi connectivity index (χ0n) is 13.3. The van der Waals surface area contributed by atoms with Crippen LogP contribution in [0.3, 0.4) is 0 Å². The second-order valence-corrected chi connectivity index (χ2v) is 7.77. The molecule has 122 valence electrons. The van der Waals surface area contributed by atoms with Gasteiger partial charge in [0.15, 0.2) is 0 Å². The molecule has 1 atom stereocenters. The van der Waals surface area contributed by atoms with Crippen molar-refractivity contribution in [2.75, 3.05) is 4.31 Å². The van der Waals surface area contributed by atoms with E-state index in [1.54, 1.807) is 18.2 Å². The minimum atomic E-state index is -3.65. The average Bonchev–Trinajstić information content (AvgIpc) is 2.54. The summed E-state index contributed by atoms with van der Waals surface area (Å²) >= 11 is 0. The molecule has 0 amide bonds. The largest absolute Gasteiger partial charge is 0.264 e. The van der Waals surface area contributed by atoms with Crippen molar-refractivity contribution >= 4 is 15.7 Å². The van der Waals surface area contributed by atoms with Crippen molar-refractivity contribution < 1.29 is 12.8 Å². The van der Waals surface area contributed by atoms with E-state index in [1.807, 2.05) is 26.0 Å². The van der Waals surface area contributed by atoms with E-state index in [9.17, 15) is 12.8 Å². The van der Waals surface area contributed by atoms with Crippen molar-refractivity contribution in [3.05, 3.63) is 59.4 Å². The molecule has 0 radical (unpaired) electrons. The summed E-state index contributed by atoms with van der Waals surface area (Å²) in [6.45, 7) is 3.92. The minimum Gasteiger partial charge on any atom is -0.263 e. The number of anilines is 1. The van der Waals surface area contributed by atoms with Crippen LogP contribution in [0.5, 0.6) is 0 Å². The van der Waals surface area contributed by atoms with Gasteiger partial charge in [-0.05, 0) is 67.6 Å². The van der Waals surface area contributed by atoms with Gasteiger partial charge in [-0.25, -0.2) is 12.8 Å². The summed E-state index contributed by atoms with van der Waals surface area (Å²) < 4.78 is 41.0. The van der Waals surface area contributed by atoms with E-state index in [-0.39, 0.29) is 16.8 Å². The average molecular weight is 333 g/mol. The van der Waals surface area contributed by atoms with Crippen LogP contribution in [0.25, 0.3) is 0 Å². The number of hydrogen-bond acceptors (Lipinski definition) is 2. The van der Waals surface area contributed by atoms with E-state index in [0.717, 1.165) is 17.5 Å². The number of fused-ring (bicyclic) bond motifs is 1. The highest BCUT2D eigenvalue weighted by molar-refractivity contribution is 7.92. The molecule has 0 saturated carbocycles. The monoisotopic (exact) mass is 333 g/mol. The van der Waals surface area contributed by atoms with E-state index < -0.39 is 10.0 Å². The number of aryl methyl sites for hydroxylation is 2. The highest BCUT2D eigenvalue weighted by Gasteiger charge is 2.33. The number of benzene rings is 2. The summed E-state index contributed by atoms with van der Waals surface area (Å²) in [4.78, 5) is 0.277. The van der Waals surface area contributed by atoms with Gasteiger partial charge in [-0.1, -0.05) is 19.1 Å². The van der Waals surface area contributed by atoms with Crippen molar-refractivity contribution in [3.63, 3.8) is 0 Å². The maximum atomic E-state index is 13.5. The van der Waals surface area contributed by atoms with Crippen molar-refractivity contribution in [1.29, 1.82) is 0 Å². The smallest absolute Gasteiger partial charge is 0.263 e. The molecule has 2 aromatic rings. The van der Waals surface area contributed by atoms with Gasteiger partial charge >= 0.3 is 0 Å². The normalized spacial score (nSPS) is 17.9. The Morgan fingerprint density at radius 2 is 1.87 bits per heavy atom. The third-order valence-corrected chi connectivity index (χ3v) is 6.34. The van der Waals surface area contributed by atoms with Crippen molar-refractivity contribution in [1.82, 2.24) is 0 Å². The molecule has 2 aromatic carbocycles. The number of sulfonamides is 1. The first kappa shape index (κ1) is 16.0. The van der Waals surface area contributed by atoms with Crippen LogP contribution in [0.4, 0.5) is 10.1 Å². The quantitative estimate of drug-likeness (QED) is 0.854. The SMILES string of the molecule is CCc1ccc(S(=O)(=O)N2c3ccc(F)cc3CCC2C)cc1. The second-order valence-electron chi connectivity index (χ2n) is 5.96. The van der Waals surface area contributed by atoms with Crippen molar-refractivity contribution in [2.45, 2.75) is 44.0 Å². The Labute approximate surface area is 136 Å². The fourth-order valence-electron chi connectivity index (χ4n) is 3.07. The molecule has 3 rings (SSSR count).